The standard InChI is InChI=1S/C12H15N3O/c1-3-9-5-4-7-13-11(9)12(16)10-6-8-14-15(10)2/h4-8,12,16H,3H2,1-2H3. The van der Waals surface area contributed by atoms with Crippen molar-refractivity contribution in [3.63, 3.8) is 0 Å². The maximum Gasteiger partial charge on any atom is 0.138 e. The van der Waals surface area contributed by atoms with Gasteiger partial charge in [0.1, 0.15) is 6.10 Å². The van der Waals surface area contributed by atoms with Gasteiger partial charge >= 0.3 is 0 Å². The third-order valence-corrected chi connectivity index (χ3v) is 2.70. The van der Waals surface area contributed by atoms with Crippen molar-refractivity contribution in [2.75, 3.05) is 0 Å². The van der Waals surface area contributed by atoms with E-state index in [2.05, 4.69) is 17.0 Å². The van der Waals surface area contributed by atoms with E-state index in [-0.39, 0.29) is 0 Å². The number of aliphatic hydroxyl groups is 1. The van der Waals surface area contributed by atoms with Gasteiger partial charge in [-0.2, -0.15) is 5.10 Å². The Kier molecular flexibility index (Phi) is 3.01. The SMILES string of the molecule is CCc1cccnc1C(O)c1ccnn1C. The molecular formula is C12H15N3O. The molecule has 2 heterocycles. The Morgan fingerprint density at radius 3 is 2.81 bits per heavy atom. The van der Waals surface area contributed by atoms with Crippen LogP contribution < -0.4 is 0 Å². The van der Waals surface area contributed by atoms with Crippen molar-refractivity contribution in [2.45, 2.75) is 19.4 Å². The third kappa shape index (κ3) is 1.84. The molecule has 0 saturated heterocycles. The Morgan fingerprint density at radius 1 is 1.38 bits per heavy atom. The Morgan fingerprint density at radius 2 is 2.19 bits per heavy atom. The zero-order valence-electron chi connectivity index (χ0n) is 9.46. The summed E-state index contributed by atoms with van der Waals surface area (Å²) in [5.74, 6) is 0. The average Bonchev–Trinajstić information content (AvgIpc) is 2.74. The number of rotatable bonds is 3. The fourth-order valence-electron chi connectivity index (χ4n) is 1.79. The molecule has 2 rings (SSSR count). The van der Waals surface area contributed by atoms with E-state index in [9.17, 15) is 5.11 Å². The molecule has 0 aliphatic carbocycles. The molecule has 0 amide bonds. The second kappa shape index (κ2) is 4.45. The highest BCUT2D eigenvalue weighted by Crippen LogP contribution is 2.22. The van der Waals surface area contributed by atoms with Gasteiger partial charge in [0.05, 0.1) is 11.4 Å². The van der Waals surface area contributed by atoms with Crippen LogP contribution in [0.3, 0.4) is 0 Å². The van der Waals surface area contributed by atoms with Gasteiger partial charge in [0, 0.05) is 19.4 Å². The second-order valence-electron chi connectivity index (χ2n) is 3.68. The lowest BCUT2D eigenvalue weighted by atomic mass is 10.0. The average molecular weight is 217 g/mol. The number of hydrogen-bond donors (Lipinski definition) is 1. The van der Waals surface area contributed by atoms with Gasteiger partial charge in [-0.3, -0.25) is 9.67 Å². The molecule has 1 atom stereocenters. The van der Waals surface area contributed by atoms with Crippen LogP contribution in [0.2, 0.25) is 0 Å². The van der Waals surface area contributed by atoms with Crippen molar-refractivity contribution in [2.24, 2.45) is 7.05 Å². The first kappa shape index (κ1) is 10.8. The van der Waals surface area contributed by atoms with Crippen LogP contribution in [0.25, 0.3) is 0 Å². The fraction of sp³-hybridized carbons (Fsp3) is 0.333. The van der Waals surface area contributed by atoms with Crippen molar-refractivity contribution in [3.05, 3.63) is 47.5 Å². The molecule has 0 aliphatic heterocycles. The van der Waals surface area contributed by atoms with Gasteiger partial charge in [0.2, 0.25) is 0 Å². The predicted octanol–water partition coefficient (Wildman–Crippen LogP) is 1.46. The van der Waals surface area contributed by atoms with Gasteiger partial charge in [-0.05, 0) is 24.1 Å². The van der Waals surface area contributed by atoms with Crippen LogP contribution in [-0.2, 0) is 13.5 Å². The van der Waals surface area contributed by atoms with Crippen molar-refractivity contribution >= 4 is 0 Å². The van der Waals surface area contributed by atoms with E-state index in [1.54, 1.807) is 23.1 Å². The minimum absolute atomic E-state index is 0.705. The normalized spacial score (nSPS) is 12.7. The minimum Gasteiger partial charge on any atom is -0.380 e. The van der Waals surface area contributed by atoms with Crippen LogP contribution in [0.1, 0.15) is 30.0 Å². The summed E-state index contributed by atoms with van der Waals surface area (Å²) in [6.45, 7) is 2.05. The molecule has 0 bridgehead atoms. The van der Waals surface area contributed by atoms with Crippen molar-refractivity contribution < 1.29 is 5.11 Å². The maximum atomic E-state index is 10.3. The van der Waals surface area contributed by atoms with E-state index >= 15 is 0 Å². The van der Waals surface area contributed by atoms with Crippen molar-refractivity contribution in [1.29, 1.82) is 0 Å². The summed E-state index contributed by atoms with van der Waals surface area (Å²) in [5.41, 5.74) is 2.54. The van der Waals surface area contributed by atoms with E-state index in [1.807, 2.05) is 19.2 Å². The Balaban J connectivity index is 2.41. The highest BCUT2D eigenvalue weighted by Gasteiger charge is 2.17. The van der Waals surface area contributed by atoms with Gasteiger partial charge in [0.25, 0.3) is 0 Å². The molecule has 1 unspecified atom stereocenters. The van der Waals surface area contributed by atoms with Crippen LogP contribution in [0, 0.1) is 0 Å². The van der Waals surface area contributed by atoms with E-state index < -0.39 is 6.10 Å². The van der Waals surface area contributed by atoms with Gasteiger partial charge in [-0.1, -0.05) is 13.0 Å². The number of hydrogen-bond acceptors (Lipinski definition) is 3. The summed E-state index contributed by atoms with van der Waals surface area (Å²) < 4.78 is 1.67. The number of nitrogens with zero attached hydrogens (tertiary/aromatic N) is 3. The summed E-state index contributed by atoms with van der Waals surface area (Å²) in [6, 6.07) is 5.68. The van der Waals surface area contributed by atoms with Crippen LogP contribution in [0.5, 0.6) is 0 Å². The highest BCUT2D eigenvalue weighted by atomic mass is 16.3. The minimum atomic E-state index is -0.705. The fourth-order valence-corrected chi connectivity index (χ4v) is 1.79. The number of aryl methyl sites for hydroxylation is 2. The molecule has 0 aliphatic rings. The maximum absolute atomic E-state index is 10.3. The summed E-state index contributed by atoms with van der Waals surface area (Å²) in [5, 5.41) is 14.3. The van der Waals surface area contributed by atoms with Crippen LogP contribution in [0.15, 0.2) is 30.6 Å². The molecule has 1 N–H and O–H groups in total. The molecule has 2 aromatic heterocycles. The summed E-state index contributed by atoms with van der Waals surface area (Å²) in [7, 11) is 1.81. The molecule has 0 aromatic carbocycles. The Bertz CT molecular complexity index is 479. The summed E-state index contributed by atoms with van der Waals surface area (Å²) >= 11 is 0. The lowest BCUT2D eigenvalue weighted by Gasteiger charge is -2.13. The molecule has 84 valence electrons. The van der Waals surface area contributed by atoms with Gasteiger partial charge in [-0.15, -0.1) is 0 Å². The first-order valence-corrected chi connectivity index (χ1v) is 5.33. The summed E-state index contributed by atoms with van der Waals surface area (Å²) in [6.07, 6.45) is 3.53. The van der Waals surface area contributed by atoms with Crippen LogP contribution in [-0.4, -0.2) is 19.9 Å². The van der Waals surface area contributed by atoms with Crippen LogP contribution in [0.4, 0.5) is 0 Å². The van der Waals surface area contributed by atoms with Gasteiger partial charge in [0.15, 0.2) is 0 Å². The first-order valence-electron chi connectivity index (χ1n) is 5.33. The number of aromatic nitrogens is 3. The molecule has 0 spiro atoms. The van der Waals surface area contributed by atoms with E-state index in [0.717, 1.165) is 17.7 Å². The second-order valence-corrected chi connectivity index (χ2v) is 3.68. The number of pyridine rings is 1. The largest absolute Gasteiger partial charge is 0.380 e. The topological polar surface area (TPSA) is 50.9 Å². The molecule has 0 radical (unpaired) electrons. The Hall–Kier alpha value is -1.68. The predicted molar refractivity (Wildman–Crippen MR) is 60.9 cm³/mol. The number of aliphatic hydroxyl groups excluding tert-OH is 1. The Labute approximate surface area is 94.6 Å². The van der Waals surface area contributed by atoms with Crippen molar-refractivity contribution in [3.8, 4) is 0 Å². The molecule has 2 aromatic rings. The van der Waals surface area contributed by atoms with Crippen molar-refractivity contribution in [1.82, 2.24) is 14.8 Å². The molecule has 0 saturated carbocycles. The van der Waals surface area contributed by atoms with E-state index in [1.165, 1.54) is 0 Å². The molecule has 4 heteroatoms. The zero-order valence-corrected chi connectivity index (χ0v) is 9.46. The lowest BCUT2D eigenvalue weighted by molar-refractivity contribution is 0.203. The molecule has 16 heavy (non-hydrogen) atoms. The van der Waals surface area contributed by atoms with Gasteiger partial charge < -0.3 is 5.11 Å². The summed E-state index contributed by atoms with van der Waals surface area (Å²) in [4.78, 5) is 4.26. The smallest absolute Gasteiger partial charge is 0.138 e. The van der Waals surface area contributed by atoms with Gasteiger partial charge in [-0.25, -0.2) is 0 Å². The third-order valence-electron chi connectivity index (χ3n) is 2.70. The van der Waals surface area contributed by atoms with E-state index in [0.29, 0.717) is 5.69 Å². The molecular weight excluding hydrogens is 202 g/mol. The zero-order chi connectivity index (χ0) is 11.5. The highest BCUT2D eigenvalue weighted by molar-refractivity contribution is 5.27. The monoisotopic (exact) mass is 217 g/mol. The molecule has 4 nitrogen and oxygen atoms in total. The lowest BCUT2D eigenvalue weighted by Crippen LogP contribution is -2.10. The van der Waals surface area contributed by atoms with E-state index in [4.69, 9.17) is 0 Å². The first-order chi connectivity index (χ1) is 7.74. The molecule has 0 fully saturated rings. The van der Waals surface area contributed by atoms with Crippen LogP contribution >= 0.6 is 0 Å². The quantitative estimate of drug-likeness (QED) is 0.846.